The molecular formula is C33H32F3N5O2. The maximum absolute atomic E-state index is 14.9. The van der Waals surface area contributed by atoms with Gasteiger partial charge in [0.25, 0.3) is 0 Å². The molecule has 7 nitrogen and oxygen atoms in total. The molecule has 2 aromatic heterocycles. The number of aromatic nitrogens is 3. The Labute approximate surface area is 246 Å². The Balaban J connectivity index is 1.27. The highest BCUT2D eigenvalue weighted by Gasteiger charge is 2.38. The SMILES string of the molecule is O=C(OCc1ccccc1)N1C[C@@H](F)C[C@H]1Cc1c(-c2nc3cc(F)ccc3n2C[C@@H]2CCCN2)[nH]c2cc(F)ccc12. The van der Waals surface area contributed by atoms with Crippen molar-refractivity contribution in [1.29, 1.82) is 0 Å². The van der Waals surface area contributed by atoms with Crippen molar-refractivity contribution in [3.63, 3.8) is 0 Å². The van der Waals surface area contributed by atoms with Gasteiger partial charge >= 0.3 is 6.09 Å². The topological polar surface area (TPSA) is 75.2 Å². The third-order valence-corrected chi connectivity index (χ3v) is 8.61. The summed E-state index contributed by atoms with van der Waals surface area (Å²) in [6, 6.07) is 18.2. The number of carbonyl (C=O) groups excluding carboxylic acids is 1. The summed E-state index contributed by atoms with van der Waals surface area (Å²) in [5, 5.41) is 4.29. The van der Waals surface area contributed by atoms with E-state index in [-0.39, 0.29) is 31.4 Å². The summed E-state index contributed by atoms with van der Waals surface area (Å²) in [4.78, 5) is 22.9. The zero-order valence-electron chi connectivity index (χ0n) is 23.5. The Bertz CT molecular complexity index is 1780. The van der Waals surface area contributed by atoms with Crippen LogP contribution in [0, 0.1) is 11.6 Å². The average molecular weight is 588 g/mol. The van der Waals surface area contributed by atoms with Gasteiger partial charge in [-0.15, -0.1) is 0 Å². The third-order valence-electron chi connectivity index (χ3n) is 8.61. The maximum Gasteiger partial charge on any atom is 0.410 e. The van der Waals surface area contributed by atoms with Gasteiger partial charge in [0.05, 0.1) is 23.3 Å². The molecule has 0 aliphatic carbocycles. The number of fused-ring (bicyclic) bond motifs is 2. The van der Waals surface area contributed by atoms with Crippen molar-refractivity contribution in [3.8, 4) is 11.5 Å². The van der Waals surface area contributed by atoms with E-state index in [4.69, 9.17) is 9.72 Å². The number of nitrogens with one attached hydrogen (secondary N) is 2. The van der Waals surface area contributed by atoms with Gasteiger partial charge in [-0.3, -0.25) is 0 Å². The molecule has 222 valence electrons. The van der Waals surface area contributed by atoms with Gasteiger partial charge in [0.15, 0.2) is 5.82 Å². The van der Waals surface area contributed by atoms with E-state index in [2.05, 4.69) is 14.9 Å². The predicted octanol–water partition coefficient (Wildman–Crippen LogP) is 6.51. The van der Waals surface area contributed by atoms with Crippen molar-refractivity contribution in [2.24, 2.45) is 0 Å². The Hall–Kier alpha value is -4.31. The maximum atomic E-state index is 14.9. The van der Waals surface area contributed by atoms with Gasteiger partial charge in [0.2, 0.25) is 0 Å². The van der Waals surface area contributed by atoms with E-state index in [0.29, 0.717) is 35.5 Å². The number of H-pyrrole nitrogens is 1. The van der Waals surface area contributed by atoms with Crippen LogP contribution in [0.3, 0.4) is 0 Å². The minimum Gasteiger partial charge on any atom is -0.445 e. The van der Waals surface area contributed by atoms with Gasteiger partial charge in [-0.05, 0) is 67.3 Å². The number of hydrogen-bond acceptors (Lipinski definition) is 4. The first kappa shape index (κ1) is 27.5. The van der Waals surface area contributed by atoms with Crippen LogP contribution in [-0.4, -0.2) is 56.9 Å². The lowest BCUT2D eigenvalue weighted by atomic mass is 10.00. The molecule has 3 aromatic carbocycles. The fourth-order valence-corrected chi connectivity index (χ4v) is 6.56. The van der Waals surface area contributed by atoms with Crippen LogP contribution < -0.4 is 5.32 Å². The van der Waals surface area contributed by atoms with Crippen LogP contribution in [0.2, 0.25) is 0 Å². The lowest BCUT2D eigenvalue weighted by Gasteiger charge is -2.24. The molecule has 2 fully saturated rings. The standard InChI is InChI=1S/C33H32F3N5O2/c34-21-8-10-26-27(16-25-13-23(36)17-40(25)33(42)43-19-20-5-2-1-3-6-20)31(38-28(26)14-21)32-39-29-15-22(35)9-11-30(29)41(32)18-24-7-4-12-37-24/h1-3,5-6,8-11,14-15,23-25,37-38H,4,7,12-13,16-19H2/t23-,24-,25-/m0/s1. The van der Waals surface area contributed by atoms with Gasteiger partial charge in [0.1, 0.15) is 24.4 Å². The fraction of sp³-hybridized carbons (Fsp3) is 0.333. The molecule has 2 aliphatic heterocycles. The number of carbonyl (C=O) groups is 1. The average Bonchev–Trinajstić information content (AvgIpc) is 3.79. The molecule has 0 bridgehead atoms. The second-order valence-electron chi connectivity index (χ2n) is 11.5. The highest BCUT2D eigenvalue weighted by Crippen LogP contribution is 2.36. The molecule has 1 amide bonds. The molecule has 2 saturated heterocycles. The van der Waals surface area contributed by atoms with E-state index in [0.717, 1.165) is 41.4 Å². The van der Waals surface area contributed by atoms with Crippen LogP contribution in [0.5, 0.6) is 0 Å². The first-order valence-corrected chi connectivity index (χ1v) is 14.7. The number of benzene rings is 3. The molecular weight excluding hydrogens is 555 g/mol. The van der Waals surface area contributed by atoms with Crippen LogP contribution >= 0.6 is 0 Å². The molecule has 4 heterocycles. The number of imidazole rings is 1. The van der Waals surface area contributed by atoms with E-state index in [9.17, 15) is 18.0 Å². The molecule has 2 aliphatic rings. The number of halogens is 3. The molecule has 43 heavy (non-hydrogen) atoms. The van der Waals surface area contributed by atoms with Gasteiger partial charge in [-0.1, -0.05) is 30.3 Å². The van der Waals surface area contributed by atoms with E-state index < -0.39 is 24.1 Å². The summed E-state index contributed by atoms with van der Waals surface area (Å²) < 4.78 is 51.2. The minimum atomic E-state index is -1.19. The van der Waals surface area contributed by atoms with Gasteiger partial charge in [-0.2, -0.15) is 0 Å². The number of nitrogens with zero attached hydrogens (tertiary/aromatic N) is 3. The van der Waals surface area contributed by atoms with Crippen molar-refractivity contribution in [1.82, 2.24) is 24.8 Å². The molecule has 5 aromatic rings. The van der Waals surface area contributed by atoms with Crippen LogP contribution in [0.1, 0.15) is 30.4 Å². The Morgan fingerprint density at radius 1 is 1.05 bits per heavy atom. The highest BCUT2D eigenvalue weighted by molar-refractivity contribution is 5.91. The quantitative estimate of drug-likeness (QED) is 0.228. The van der Waals surface area contributed by atoms with Crippen molar-refractivity contribution >= 4 is 28.0 Å². The molecule has 10 heteroatoms. The smallest absolute Gasteiger partial charge is 0.410 e. The lowest BCUT2D eigenvalue weighted by molar-refractivity contribution is 0.0907. The summed E-state index contributed by atoms with van der Waals surface area (Å²) in [7, 11) is 0. The number of alkyl halides is 1. The second-order valence-corrected chi connectivity index (χ2v) is 11.5. The number of ether oxygens (including phenoxy) is 1. The Kier molecular flexibility index (Phi) is 7.30. The zero-order valence-corrected chi connectivity index (χ0v) is 23.5. The first-order valence-electron chi connectivity index (χ1n) is 14.7. The molecule has 2 N–H and O–H groups in total. The largest absolute Gasteiger partial charge is 0.445 e. The fourth-order valence-electron chi connectivity index (χ4n) is 6.56. The number of rotatable bonds is 7. The summed E-state index contributed by atoms with van der Waals surface area (Å²) in [6.45, 7) is 1.58. The van der Waals surface area contributed by atoms with Gasteiger partial charge in [-0.25, -0.2) is 22.9 Å². The van der Waals surface area contributed by atoms with E-state index in [1.165, 1.54) is 29.2 Å². The van der Waals surface area contributed by atoms with E-state index in [1.54, 1.807) is 12.1 Å². The normalized spacial score (nSPS) is 20.4. The van der Waals surface area contributed by atoms with Crippen molar-refractivity contribution in [3.05, 3.63) is 89.5 Å². The van der Waals surface area contributed by atoms with Crippen LogP contribution in [0.4, 0.5) is 18.0 Å². The van der Waals surface area contributed by atoms with Crippen molar-refractivity contribution in [2.45, 2.75) is 57.1 Å². The summed E-state index contributed by atoms with van der Waals surface area (Å²) in [5.41, 5.74) is 4.16. The molecule has 0 saturated carbocycles. The molecule has 0 radical (unpaired) electrons. The van der Waals surface area contributed by atoms with Crippen LogP contribution in [0.25, 0.3) is 33.5 Å². The van der Waals surface area contributed by atoms with Crippen LogP contribution in [-0.2, 0) is 24.3 Å². The summed E-state index contributed by atoms with van der Waals surface area (Å²) in [6.07, 6.45) is 0.770. The summed E-state index contributed by atoms with van der Waals surface area (Å²) in [5.74, 6) is -0.187. The molecule has 0 unspecified atom stereocenters. The monoisotopic (exact) mass is 587 g/mol. The van der Waals surface area contributed by atoms with Crippen molar-refractivity contribution in [2.75, 3.05) is 13.1 Å². The minimum absolute atomic E-state index is 0.0598. The van der Waals surface area contributed by atoms with Gasteiger partial charge in [0, 0.05) is 42.0 Å². The number of aromatic amines is 1. The first-order chi connectivity index (χ1) is 20.9. The number of likely N-dealkylation sites (tertiary alicyclic amines) is 1. The predicted molar refractivity (Wildman–Crippen MR) is 158 cm³/mol. The highest BCUT2D eigenvalue weighted by atomic mass is 19.1. The Morgan fingerprint density at radius 2 is 1.86 bits per heavy atom. The van der Waals surface area contributed by atoms with Crippen LogP contribution in [0.15, 0.2) is 66.7 Å². The lowest BCUT2D eigenvalue weighted by Crippen LogP contribution is -2.37. The molecule has 0 spiro atoms. The number of hydrogen-bond donors (Lipinski definition) is 2. The van der Waals surface area contributed by atoms with E-state index in [1.807, 2.05) is 30.3 Å². The second kappa shape index (κ2) is 11.4. The van der Waals surface area contributed by atoms with E-state index >= 15 is 0 Å². The Morgan fingerprint density at radius 3 is 2.67 bits per heavy atom. The zero-order chi connectivity index (χ0) is 29.5. The third kappa shape index (κ3) is 5.47. The summed E-state index contributed by atoms with van der Waals surface area (Å²) >= 11 is 0. The van der Waals surface area contributed by atoms with Gasteiger partial charge < -0.3 is 24.5 Å². The number of amides is 1. The van der Waals surface area contributed by atoms with Crippen molar-refractivity contribution < 1.29 is 22.7 Å². The molecule has 7 rings (SSSR count). The molecule has 3 atom stereocenters.